The molecule has 4 heterocycles. The van der Waals surface area contributed by atoms with Gasteiger partial charge in [0.15, 0.2) is 12.0 Å². The number of nitrogens with two attached hydrogens (primary N) is 2. The summed E-state index contributed by atoms with van der Waals surface area (Å²) in [6.45, 7) is 6.70. The third-order valence-electron chi connectivity index (χ3n) is 8.50. The van der Waals surface area contributed by atoms with Gasteiger partial charge < -0.3 is 52.2 Å². The number of halogens is 2. The lowest BCUT2D eigenvalue weighted by atomic mass is 10.2. The van der Waals surface area contributed by atoms with Gasteiger partial charge in [-0.15, -0.1) is 0 Å². The number of H-pyrrole nitrogens is 4. The second-order valence-electron chi connectivity index (χ2n) is 12.9. The molecule has 0 bridgehead atoms. The number of imidazole rings is 2. The third kappa shape index (κ3) is 11.7. The summed E-state index contributed by atoms with van der Waals surface area (Å²) in [5.41, 5.74) is 18.0. The van der Waals surface area contributed by atoms with E-state index < -0.39 is 12.2 Å². The van der Waals surface area contributed by atoms with Gasteiger partial charge in [0, 0.05) is 32.8 Å². The first kappa shape index (κ1) is 44.5. The number of rotatable bonds is 13. The van der Waals surface area contributed by atoms with Crippen LogP contribution < -0.4 is 22.1 Å². The number of amidine groups is 2. The Bertz CT molecular complexity index is 2350. The van der Waals surface area contributed by atoms with Crippen molar-refractivity contribution in [2.75, 3.05) is 6.54 Å². The Morgan fingerprint density at radius 1 is 0.690 bits per heavy atom. The van der Waals surface area contributed by atoms with E-state index in [0.29, 0.717) is 61.8 Å². The van der Waals surface area contributed by atoms with E-state index in [1.54, 1.807) is 57.2 Å². The molecule has 0 aliphatic carbocycles. The Labute approximate surface area is 345 Å². The summed E-state index contributed by atoms with van der Waals surface area (Å²) in [5, 5.41) is 25.7. The number of aliphatic hydroxyl groups excluding tert-OH is 2. The number of carbonyl (C=O) groups is 2. The minimum absolute atomic E-state index is 0. The number of aliphatic imine (C=N–C) groups is 2. The van der Waals surface area contributed by atoms with Crippen molar-refractivity contribution in [3.05, 3.63) is 129 Å². The summed E-state index contributed by atoms with van der Waals surface area (Å²) in [6, 6.07) is 21.1. The van der Waals surface area contributed by atoms with Crippen LogP contribution in [0.3, 0.4) is 0 Å². The van der Waals surface area contributed by atoms with Crippen LogP contribution in [0.25, 0.3) is 22.5 Å². The molecule has 0 aliphatic rings. The van der Waals surface area contributed by atoms with E-state index >= 15 is 0 Å². The summed E-state index contributed by atoms with van der Waals surface area (Å²) < 4.78 is 0. The van der Waals surface area contributed by atoms with Crippen LogP contribution in [0.4, 0.5) is 0 Å². The van der Waals surface area contributed by atoms with Crippen molar-refractivity contribution in [3.63, 3.8) is 0 Å². The van der Waals surface area contributed by atoms with Crippen LogP contribution in [-0.2, 0) is 13.2 Å². The molecule has 4 aromatic heterocycles. The standard InChI is InChI=1S/C20H23ClN6O2.C19H21ClN6O2.CH4/c1-11-18(10-28)26-19(24-11)17(9-23-12(2)22)27-20(29)16-8-7-15(25-16)13-3-5-14(21)6-4-13;1-10-16(9-27)25-17(22-10)18(23-11(2)21)26-19(28)15-8-7-14(24-15)12-3-5-13(20)6-4-12;/h3-8,17,25,28H,9-10H2,1-2H3,(H2,22,23)(H,24,26)(H,27,29);3-8,18,24,27H,9H2,1-2H3,(H2,21,23)(H,22,25)(H,26,28);1H4. The Morgan fingerprint density at radius 2 is 1.14 bits per heavy atom. The Kier molecular flexibility index (Phi) is 15.6. The van der Waals surface area contributed by atoms with Gasteiger partial charge in [-0.2, -0.15) is 0 Å². The number of benzene rings is 2. The number of carbonyl (C=O) groups excluding carboxylic acids is 2. The maximum absolute atomic E-state index is 12.8. The predicted molar refractivity (Wildman–Crippen MR) is 228 cm³/mol. The van der Waals surface area contributed by atoms with Crippen LogP contribution in [0.1, 0.15) is 88.9 Å². The number of aryl methyl sites for hydroxylation is 2. The Morgan fingerprint density at radius 3 is 1.57 bits per heavy atom. The van der Waals surface area contributed by atoms with Crippen molar-refractivity contribution in [2.24, 2.45) is 21.5 Å². The molecular formula is C40H48Cl2N12O4. The Balaban J connectivity index is 0.000000252. The van der Waals surface area contributed by atoms with Gasteiger partial charge in [0.25, 0.3) is 11.8 Å². The van der Waals surface area contributed by atoms with Gasteiger partial charge in [-0.05, 0) is 87.4 Å². The predicted octanol–water partition coefficient (Wildman–Crippen LogP) is 6.01. The van der Waals surface area contributed by atoms with Gasteiger partial charge in [0.05, 0.1) is 42.8 Å². The molecule has 2 aromatic carbocycles. The zero-order chi connectivity index (χ0) is 41.2. The fourth-order valence-electron chi connectivity index (χ4n) is 5.54. The lowest BCUT2D eigenvalue weighted by Gasteiger charge is -2.14. The summed E-state index contributed by atoms with van der Waals surface area (Å²) in [7, 11) is 0. The number of aromatic amines is 4. The van der Waals surface area contributed by atoms with Gasteiger partial charge in [-0.3, -0.25) is 14.6 Å². The molecule has 0 aliphatic heterocycles. The van der Waals surface area contributed by atoms with Gasteiger partial charge in [0.1, 0.15) is 23.3 Å². The molecule has 0 spiro atoms. The molecule has 6 aromatic rings. The number of aromatic nitrogens is 6. The molecule has 58 heavy (non-hydrogen) atoms. The molecule has 6 rings (SSSR count). The third-order valence-corrected chi connectivity index (χ3v) is 9.00. The second-order valence-corrected chi connectivity index (χ2v) is 13.8. The van der Waals surface area contributed by atoms with Crippen LogP contribution in [0.2, 0.25) is 10.0 Å². The summed E-state index contributed by atoms with van der Waals surface area (Å²) in [4.78, 5) is 54.9. The molecule has 2 unspecified atom stereocenters. The summed E-state index contributed by atoms with van der Waals surface area (Å²) >= 11 is 11.8. The first-order valence-corrected chi connectivity index (χ1v) is 18.4. The number of hydrogen-bond acceptors (Lipinski definition) is 8. The summed E-state index contributed by atoms with van der Waals surface area (Å²) in [5.74, 6) is 0.922. The molecule has 12 N–H and O–H groups in total. The fraction of sp³-hybridized carbons (Fsp3) is 0.250. The lowest BCUT2D eigenvalue weighted by Crippen LogP contribution is -2.32. The zero-order valence-corrected chi connectivity index (χ0v) is 33.1. The van der Waals surface area contributed by atoms with Gasteiger partial charge in [-0.1, -0.05) is 54.9 Å². The van der Waals surface area contributed by atoms with Gasteiger partial charge in [0.2, 0.25) is 0 Å². The molecule has 306 valence electrons. The lowest BCUT2D eigenvalue weighted by molar-refractivity contribution is 0.0924. The molecule has 16 nitrogen and oxygen atoms in total. The van der Waals surface area contributed by atoms with Crippen molar-refractivity contribution in [1.29, 1.82) is 0 Å². The topological polar surface area (TPSA) is 264 Å². The molecule has 18 heteroatoms. The van der Waals surface area contributed by atoms with E-state index in [1.165, 1.54) is 0 Å². The largest absolute Gasteiger partial charge is 0.390 e. The molecule has 0 saturated carbocycles. The van der Waals surface area contributed by atoms with Crippen molar-refractivity contribution in [1.82, 2.24) is 40.5 Å². The molecule has 0 saturated heterocycles. The first-order chi connectivity index (χ1) is 27.2. The molecule has 2 amide bonds. The molecule has 0 radical (unpaired) electrons. The first-order valence-electron chi connectivity index (χ1n) is 17.6. The van der Waals surface area contributed by atoms with Crippen molar-refractivity contribution < 1.29 is 19.8 Å². The van der Waals surface area contributed by atoms with Crippen LogP contribution in [0, 0.1) is 13.8 Å². The average Bonchev–Trinajstić information content (AvgIpc) is 4.00. The smallest absolute Gasteiger partial charge is 0.269 e. The monoisotopic (exact) mass is 830 g/mol. The van der Waals surface area contributed by atoms with E-state index in [1.807, 2.05) is 43.3 Å². The minimum atomic E-state index is -0.807. The second kappa shape index (κ2) is 20.3. The quantitative estimate of drug-likeness (QED) is 0.0486. The van der Waals surface area contributed by atoms with Crippen molar-refractivity contribution >= 4 is 46.7 Å². The van der Waals surface area contributed by atoms with Crippen molar-refractivity contribution in [3.8, 4) is 22.5 Å². The maximum atomic E-state index is 12.8. The van der Waals surface area contributed by atoms with Crippen molar-refractivity contribution in [2.45, 2.75) is 60.5 Å². The van der Waals surface area contributed by atoms with Crippen LogP contribution in [0.5, 0.6) is 0 Å². The van der Waals surface area contributed by atoms with Gasteiger partial charge in [-0.25, -0.2) is 15.0 Å². The number of hydrogen-bond donors (Lipinski definition) is 10. The van der Waals surface area contributed by atoms with E-state index in [9.17, 15) is 19.8 Å². The minimum Gasteiger partial charge on any atom is -0.390 e. The fourth-order valence-corrected chi connectivity index (χ4v) is 5.79. The SMILES string of the molecule is C.CC(N)=NC(NC(=O)c1ccc(-c2ccc(Cl)cc2)[nH]1)c1nc(CO)c(C)[nH]1.CC(N)=NCC(NC(=O)c1ccc(-c2ccc(Cl)cc2)[nH]1)c1nc(CO)c(C)[nH]1. The maximum Gasteiger partial charge on any atom is 0.269 e. The molecule has 2 atom stereocenters. The summed E-state index contributed by atoms with van der Waals surface area (Å²) in [6.07, 6.45) is -0.807. The highest BCUT2D eigenvalue weighted by Crippen LogP contribution is 2.23. The van der Waals surface area contributed by atoms with E-state index in [0.717, 1.165) is 28.2 Å². The number of nitrogens with zero attached hydrogens (tertiary/aromatic N) is 4. The van der Waals surface area contributed by atoms with Crippen LogP contribution in [-0.4, -0.2) is 70.1 Å². The zero-order valence-electron chi connectivity index (χ0n) is 31.6. The molecular weight excluding hydrogens is 783 g/mol. The number of nitrogens with one attached hydrogen (secondary N) is 6. The van der Waals surface area contributed by atoms with Crippen LogP contribution in [0.15, 0.2) is 82.8 Å². The molecule has 0 fully saturated rings. The normalized spacial score (nSPS) is 12.6. The van der Waals surface area contributed by atoms with Crippen LogP contribution >= 0.6 is 23.2 Å². The highest BCUT2D eigenvalue weighted by atomic mass is 35.5. The van der Waals surface area contributed by atoms with E-state index in [4.69, 9.17) is 34.7 Å². The number of amides is 2. The highest BCUT2D eigenvalue weighted by Gasteiger charge is 2.22. The van der Waals surface area contributed by atoms with Gasteiger partial charge >= 0.3 is 0 Å². The highest BCUT2D eigenvalue weighted by molar-refractivity contribution is 6.30. The van der Waals surface area contributed by atoms with E-state index in [-0.39, 0.29) is 39.0 Å². The number of aliphatic hydroxyl groups is 2. The Hall–Kier alpha value is -6.20. The van der Waals surface area contributed by atoms with E-state index in [2.05, 4.69) is 50.5 Å². The average molecular weight is 832 g/mol.